The van der Waals surface area contributed by atoms with E-state index in [4.69, 9.17) is 0 Å². The van der Waals surface area contributed by atoms with Crippen molar-refractivity contribution in [2.75, 3.05) is 0 Å². The molecule has 0 unspecified atom stereocenters. The number of aryl methyl sites for hydroxylation is 1. The summed E-state index contributed by atoms with van der Waals surface area (Å²) in [4.78, 5) is 0. The van der Waals surface area contributed by atoms with Crippen LogP contribution in [0, 0.1) is 6.92 Å². The van der Waals surface area contributed by atoms with Crippen LogP contribution in [0.1, 0.15) is 51.7 Å². The molecule has 17 heavy (non-hydrogen) atoms. The molecule has 0 heteroatoms. The summed E-state index contributed by atoms with van der Waals surface area (Å²) < 4.78 is 0. The number of hydrogen-bond donors (Lipinski definition) is 0. The molecule has 1 rings (SSSR count). The zero-order valence-corrected chi connectivity index (χ0v) is 11.8. The molecule has 92 valence electrons. The van der Waals surface area contributed by atoms with Gasteiger partial charge in [0.1, 0.15) is 0 Å². The van der Waals surface area contributed by atoms with Crippen LogP contribution in [0.25, 0.3) is 5.57 Å². The molecule has 0 nitrogen and oxygen atoms in total. The molecule has 0 heterocycles. The Morgan fingerprint density at radius 1 is 1.18 bits per heavy atom. The Kier molecular flexibility index (Phi) is 5.21. The van der Waals surface area contributed by atoms with E-state index in [1.54, 1.807) is 0 Å². The summed E-state index contributed by atoms with van der Waals surface area (Å²) in [7, 11) is 0. The molecule has 0 N–H and O–H groups in total. The standard InChI is InChI=1S/C17H24/c1-6-10-16(13(3)7-2)15(5)17-12-9-8-11-14(17)4/h7-9,11-12H,6,10H2,1-5H3/b13-7-,16-15+. The molecule has 0 spiro atoms. The van der Waals surface area contributed by atoms with Gasteiger partial charge in [-0.15, -0.1) is 0 Å². The minimum absolute atomic E-state index is 1.16. The first-order chi connectivity index (χ1) is 8.11. The van der Waals surface area contributed by atoms with Gasteiger partial charge in [0.25, 0.3) is 0 Å². The van der Waals surface area contributed by atoms with Crippen LogP contribution in [0.15, 0.2) is 41.5 Å². The van der Waals surface area contributed by atoms with Crippen molar-refractivity contribution in [1.82, 2.24) is 0 Å². The third-order valence-electron chi connectivity index (χ3n) is 3.41. The lowest BCUT2D eigenvalue weighted by atomic mass is 9.91. The second-order valence-electron chi connectivity index (χ2n) is 4.64. The molecule has 0 fully saturated rings. The van der Waals surface area contributed by atoms with Gasteiger partial charge in [-0.25, -0.2) is 0 Å². The molecule has 0 bridgehead atoms. The first-order valence-corrected chi connectivity index (χ1v) is 6.50. The highest BCUT2D eigenvalue weighted by molar-refractivity contribution is 5.72. The minimum Gasteiger partial charge on any atom is -0.0844 e. The third kappa shape index (κ3) is 3.33. The van der Waals surface area contributed by atoms with E-state index >= 15 is 0 Å². The maximum absolute atomic E-state index is 2.25. The molecular weight excluding hydrogens is 204 g/mol. The Morgan fingerprint density at radius 2 is 1.82 bits per heavy atom. The molecule has 1 aromatic rings. The van der Waals surface area contributed by atoms with Gasteiger partial charge in [0.05, 0.1) is 0 Å². The van der Waals surface area contributed by atoms with Gasteiger partial charge >= 0.3 is 0 Å². The Morgan fingerprint density at radius 3 is 2.35 bits per heavy atom. The van der Waals surface area contributed by atoms with E-state index in [-0.39, 0.29) is 0 Å². The lowest BCUT2D eigenvalue weighted by molar-refractivity contribution is 0.911. The van der Waals surface area contributed by atoms with Gasteiger partial charge in [-0.3, -0.25) is 0 Å². The number of hydrogen-bond acceptors (Lipinski definition) is 0. The minimum atomic E-state index is 1.16. The van der Waals surface area contributed by atoms with Crippen molar-refractivity contribution in [3.63, 3.8) is 0 Å². The Labute approximate surface area is 106 Å². The summed E-state index contributed by atoms with van der Waals surface area (Å²) in [5.74, 6) is 0. The fourth-order valence-electron chi connectivity index (χ4n) is 2.26. The summed E-state index contributed by atoms with van der Waals surface area (Å²) in [5.41, 5.74) is 7.09. The fraction of sp³-hybridized carbons (Fsp3) is 0.412. The maximum atomic E-state index is 2.25. The summed E-state index contributed by atoms with van der Waals surface area (Å²) >= 11 is 0. The average molecular weight is 228 g/mol. The molecule has 0 radical (unpaired) electrons. The van der Waals surface area contributed by atoms with E-state index in [0.29, 0.717) is 0 Å². The molecule has 0 atom stereocenters. The van der Waals surface area contributed by atoms with E-state index in [9.17, 15) is 0 Å². The molecular formula is C17H24. The number of benzene rings is 1. The van der Waals surface area contributed by atoms with Crippen molar-refractivity contribution >= 4 is 5.57 Å². The molecule has 0 saturated heterocycles. The van der Waals surface area contributed by atoms with E-state index in [0.717, 1.165) is 6.42 Å². The summed E-state index contributed by atoms with van der Waals surface area (Å²) in [5, 5.41) is 0. The lowest BCUT2D eigenvalue weighted by Gasteiger charge is -2.14. The first kappa shape index (κ1) is 13.8. The molecule has 0 aromatic heterocycles. The van der Waals surface area contributed by atoms with Crippen LogP contribution in [0.3, 0.4) is 0 Å². The molecule has 0 saturated carbocycles. The summed E-state index contributed by atoms with van der Waals surface area (Å²) in [6.07, 6.45) is 4.58. The average Bonchev–Trinajstić information content (AvgIpc) is 2.35. The van der Waals surface area contributed by atoms with Crippen LogP contribution in [0.5, 0.6) is 0 Å². The molecule has 0 aliphatic heterocycles. The zero-order chi connectivity index (χ0) is 12.8. The van der Waals surface area contributed by atoms with Gasteiger partial charge in [-0.05, 0) is 56.4 Å². The molecule has 0 aliphatic rings. The van der Waals surface area contributed by atoms with Gasteiger partial charge in [-0.2, -0.15) is 0 Å². The van der Waals surface area contributed by atoms with Crippen molar-refractivity contribution in [2.24, 2.45) is 0 Å². The van der Waals surface area contributed by atoms with Crippen molar-refractivity contribution in [1.29, 1.82) is 0 Å². The van der Waals surface area contributed by atoms with Gasteiger partial charge in [0.2, 0.25) is 0 Å². The number of allylic oxidation sites excluding steroid dienone is 4. The van der Waals surface area contributed by atoms with Gasteiger partial charge in [0, 0.05) is 0 Å². The lowest BCUT2D eigenvalue weighted by Crippen LogP contribution is -1.93. The normalized spacial score (nSPS) is 13.6. The smallest absolute Gasteiger partial charge is 0.0195 e. The highest BCUT2D eigenvalue weighted by Crippen LogP contribution is 2.28. The molecule has 0 amide bonds. The van der Waals surface area contributed by atoms with Crippen LogP contribution in [0.4, 0.5) is 0 Å². The Hall–Kier alpha value is -1.30. The van der Waals surface area contributed by atoms with Crippen LogP contribution in [-0.4, -0.2) is 0 Å². The van der Waals surface area contributed by atoms with E-state index in [2.05, 4.69) is 65.0 Å². The van der Waals surface area contributed by atoms with Crippen molar-refractivity contribution in [2.45, 2.75) is 47.5 Å². The third-order valence-corrected chi connectivity index (χ3v) is 3.41. The summed E-state index contributed by atoms with van der Waals surface area (Å²) in [6, 6.07) is 8.64. The van der Waals surface area contributed by atoms with Crippen LogP contribution < -0.4 is 0 Å². The van der Waals surface area contributed by atoms with Crippen molar-refractivity contribution in [3.8, 4) is 0 Å². The predicted octanol–water partition coefficient (Wildman–Crippen LogP) is 5.53. The quantitative estimate of drug-likeness (QED) is 0.594. The van der Waals surface area contributed by atoms with Crippen LogP contribution in [0.2, 0.25) is 0 Å². The fourth-order valence-corrected chi connectivity index (χ4v) is 2.26. The van der Waals surface area contributed by atoms with Gasteiger partial charge in [-0.1, -0.05) is 49.3 Å². The highest BCUT2D eigenvalue weighted by Gasteiger charge is 2.07. The second kappa shape index (κ2) is 6.44. The SMILES string of the molecule is C/C=C(C)\C(CCC)=C(/C)c1ccccc1C. The Balaban J connectivity index is 3.29. The molecule has 0 aliphatic carbocycles. The summed E-state index contributed by atoms with van der Waals surface area (Å²) in [6.45, 7) is 11.0. The topological polar surface area (TPSA) is 0 Å². The monoisotopic (exact) mass is 228 g/mol. The van der Waals surface area contributed by atoms with E-state index in [1.165, 1.54) is 34.3 Å². The predicted molar refractivity (Wildman–Crippen MR) is 78.1 cm³/mol. The molecule has 1 aromatic carbocycles. The zero-order valence-electron chi connectivity index (χ0n) is 11.8. The van der Waals surface area contributed by atoms with Crippen LogP contribution in [-0.2, 0) is 0 Å². The maximum Gasteiger partial charge on any atom is -0.0195 e. The van der Waals surface area contributed by atoms with Crippen LogP contribution >= 0.6 is 0 Å². The van der Waals surface area contributed by atoms with Crippen molar-refractivity contribution in [3.05, 3.63) is 52.6 Å². The van der Waals surface area contributed by atoms with E-state index < -0.39 is 0 Å². The highest BCUT2D eigenvalue weighted by atomic mass is 14.1. The van der Waals surface area contributed by atoms with Crippen molar-refractivity contribution < 1.29 is 0 Å². The van der Waals surface area contributed by atoms with E-state index in [1.807, 2.05) is 0 Å². The largest absolute Gasteiger partial charge is 0.0844 e. The Bertz CT molecular complexity index is 433. The second-order valence-corrected chi connectivity index (χ2v) is 4.64. The number of rotatable bonds is 4. The van der Waals surface area contributed by atoms with Gasteiger partial charge < -0.3 is 0 Å². The van der Waals surface area contributed by atoms with Gasteiger partial charge in [0.15, 0.2) is 0 Å². The first-order valence-electron chi connectivity index (χ1n) is 6.50.